The van der Waals surface area contributed by atoms with Gasteiger partial charge in [0.05, 0.1) is 12.9 Å². The zero-order valence-corrected chi connectivity index (χ0v) is 6.29. The maximum atomic E-state index is 5.15. The molecule has 0 atom stereocenters. The summed E-state index contributed by atoms with van der Waals surface area (Å²) in [5.74, 6) is 0. The van der Waals surface area contributed by atoms with E-state index in [0.29, 0.717) is 0 Å². The monoisotopic (exact) mass is 146 g/mol. The van der Waals surface area contributed by atoms with Gasteiger partial charge in [0, 0.05) is 6.42 Å². The third-order valence-electron chi connectivity index (χ3n) is 1.86. The Balaban J connectivity index is 2.29. The van der Waals surface area contributed by atoms with Crippen molar-refractivity contribution in [3.8, 4) is 0 Å². The minimum Gasteiger partial charge on any atom is -0.501 e. The van der Waals surface area contributed by atoms with Crippen molar-refractivity contribution in [3.63, 3.8) is 0 Å². The molecule has 0 spiro atoms. The lowest BCUT2D eigenvalue weighted by Crippen LogP contribution is -1.80. The first kappa shape index (κ1) is 6.47. The molecule has 1 aromatic rings. The van der Waals surface area contributed by atoms with Crippen LogP contribution < -0.4 is 0 Å². The highest BCUT2D eigenvalue weighted by Crippen LogP contribution is 2.21. The molecular formula is C10H10O. The van der Waals surface area contributed by atoms with Crippen LogP contribution in [0.4, 0.5) is 0 Å². The third-order valence-corrected chi connectivity index (χ3v) is 1.86. The minimum atomic E-state index is 0.838. The molecular weight excluding hydrogens is 136 g/mol. The maximum absolute atomic E-state index is 5.15. The van der Waals surface area contributed by atoms with Crippen LogP contribution in [-0.2, 0) is 4.74 Å². The van der Waals surface area contributed by atoms with Gasteiger partial charge in [-0.25, -0.2) is 0 Å². The molecule has 0 fully saturated rings. The van der Waals surface area contributed by atoms with Crippen molar-refractivity contribution in [2.24, 2.45) is 0 Å². The number of benzene rings is 1. The highest BCUT2D eigenvalue weighted by Gasteiger charge is 2.06. The molecule has 1 heteroatoms. The van der Waals surface area contributed by atoms with Gasteiger partial charge in [-0.2, -0.15) is 0 Å². The Kier molecular flexibility index (Phi) is 1.64. The summed E-state index contributed by atoms with van der Waals surface area (Å²) < 4.78 is 5.15. The average molecular weight is 146 g/mol. The lowest BCUT2D eigenvalue weighted by molar-refractivity contribution is 0.281. The molecule has 56 valence electrons. The second-order valence-electron chi connectivity index (χ2n) is 2.63. The fraction of sp³-hybridized carbons (Fsp3) is 0.200. The average Bonchev–Trinajstić information content (AvgIpc) is 2.58. The number of ether oxygens (including phenoxy) is 1. The van der Waals surface area contributed by atoms with Gasteiger partial charge >= 0.3 is 0 Å². The van der Waals surface area contributed by atoms with Gasteiger partial charge in [0.15, 0.2) is 0 Å². The van der Waals surface area contributed by atoms with Gasteiger partial charge in [0.1, 0.15) is 0 Å². The summed E-state index contributed by atoms with van der Waals surface area (Å²) in [6, 6.07) is 10.4. The Morgan fingerprint density at radius 1 is 1.09 bits per heavy atom. The van der Waals surface area contributed by atoms with Crippen LogP contribution in [0.25, 0.3) is 5.57 Å². The summed E-state index contributed by atoms with van der Waals surface area (Å²) in [4.78, 5) is 0. The molecule has 0 bridgehead atoms. The fourth-order valence-corrected chi connectivity index (χ4v) is 1.25. The van der Waals surface area contributed by atoms with Gasteiger partial charge in [0.25, 0.3) is 0 Å². The van der Waals surface area contributed by atoms with Gasteiger partial charge in [-0.1, -0.05) is 30.3 Å². The first-order chi connectivity index (χ1) is 5.47. The van der Waals surface area contributed by atoms with Crippen LogP contribution in [0.2, 0.25) is 0 Å². The quantitative estimate of drug-likeness (QED) is 0.591. The Bertz CT molecular complexity index is 261. The summed E-state index contributed by atoms with van der Waals surface area (Å²) in [5.41, 5.74) is 2.59. The molecule has 2 rings (SSSR count). The summed E-state index contributed by atoms with van der Waals surface area (Å²) >= 11 is 0. The molecule has 0 amide bonds. The molecule has 0 aliphatic carbocycles. The van der Waals surface area contributed by atoms with E-state index in [2.05, 4.69) is 24.3 Å². The molecule has 0 aromatic heterocycles. The summed E-state index contributed by atoms with van der Waals surface area (Å²) in [7, 11) is 0. The maximum Gasteiger partial charge on any atom is 0.0915 e. The minimum absolute atomic E-state index is 0.838. The first-order valence-electron chi connectivity index (χ1n) is 3.83. The van der Waals surface area contributed by atoms with Crippen molar-refractivity contribution in [2.45, 2.75) is 6.42 Å². The van der Waals surface area contributed by atoms with Crippen molar-refractivity contribution < 1.29 is 4.74 Å². The Labute approximate surface area is 66.3 Å². The number of hydrogen-bond donors (Lipinski definition) is 0. The molecule has 0 radical (unpaired) electrons. The molecule has 0 unspecified atom stereocenters. The second kappa shape index (κ2) is 2.79. The van der Waals surface area contributed by atoms with Crippen LogP contribution in [-0.4, -0.2) is 6.61 Å². The lowest BCUT2D eigenvalue weighted by Gasteiger charge is -1.96. The lowest BCUT2D eigenvalue weighted by atomic mass is 10.1. The van der Waals surface area contributed by atoms with E-state index in [-0.39, 0.29) is 0 Å². The zero-order chi connectivity index (χ0) is 7.52. The molecule has 11 heavy (non-hydrogen) atoms. The van der Waals surface area contributed by atoms with Crippen LogP contribution in [0.15, 0.2) is 36.6 Å². The van der Waals surface area contributed by atoms with E-state index in [4.69, 9.17) is 4.74 Å². The van der Waals surface area contributed by atoms with Crippen molar-refractivity contribution in [3.05, 3.63) is 42.2 Å². The van der Waals surface area contributed by atoms with Crippen LogP contribution >= 0.6 is 0 Å². The predicted molar refractivity (Wildman–Crippen MR) is 45.0 cm³/mol. The van der Waals surface area contributed by atoms with Gasteiger partial charge in [-0.15, -0.1) is 0 Å². The molecule has 0 N–H and O–H groups in total. The van der Waals surface area contributed by atoms with Gasteiger partial charge in [-0.05, 0) is 11.1 Å². The summed E-state index contributed by atoms with van der Waals surface area (Å²) in [6.07, 6.45) is 2.90. The van der Waals surface area contributed by atoms with E-state index < -0.39 is 0 Å². The molecule has 1 aliphatic heterocycles. The SMILES string of the molecule is C1=C(c2ccccc2)CCO1. The van der Waals surface area contributed by atoms with Crippen LogP contribution in [0.5, 0.6) is 0 Å². The van der Waals surface area contributed by atoms with E-state index in [1.807, 2.05) is 12.3 Å². The van der Waals surface area contributed by atoms with Crippen molar-refractivity contribution in [2.75, 3.05) is 6.61 Å². The normalized spacial score (nSPS) is 15.8. The second-order valence-corrected chi connectivity index (χ2v) is 2.63. The highest BCUT2D eigenvalue weighted by molar-refractivity contribution is 5.65. The van der Waals surface area contributed by atoms with Crippen LogP contribution in [0.3, 0.4) is 0 Å². The van der Waals surface area contributed by atoms with Crippen molar-refractivity contribution in [1.29, 1.82) is 0 Å². The molecule has 0 saturated heterocycles. The summed E-state index contributed by atoms with van der Waals surface area (Å²) in [5, 5.41) is 0. The van der Waals surface area contributed by atoms with E-state index in [0.717, 1.165) is 13.0 Å². The fourth-order valence-electron chi connectivity index (χ4n) is 1.25. The zero-order valence-electron chi connectivity index (χ0n) is 6.29. The largest absolute Gasteiger partial charge is 0.501 e. The molecule has 0 saturated carbocycles. The van der Waals surface area contributed by atoms with Crippen LogP contribution in [0.1, 0.15) is 12.0 Å². The standard InChI is InChI=1S/C10H10O/c1-2-4-9(5-3-1)10-6-7-11-8-10/h1-5,8H,6-7H2. The van der Waals surface area contributed by atoms with Crippen LogP contribution in [0, 0.1) is 0 Å². The van der Waals surface area contributed by atoms with Gasteiger partial charge in [0.2, 0.25) is 0 Å². The van der Waals surface area contributed by atoms with Gasteiger partial charge < -0.3 is 4.74 Å². The molecule has 1 aromatic carbocycles. The van der Waals surface area contributed by atoms with E-state index in [1.54, 1.807) is 0 Å². The van der Waals surface area contributed by atoms with E-state index in [1.165, 1.54) is 11.1 Å². The van der Waals surface area contributed by atoms with Gasteiger partial charge in [-0.3, -0.25) is 0 Å². The Morgan fingerprint density at radius 3 is 2.55 bits per heavy atom. The third kappa shape index (κ3) is 1.27. The molecule has 1 nitrogen and oxygen atoms in total. The predicted octanol–water partition coefficient (Wildman–Crippen LogP) is 2.45. The molecule has 1 heterocycles. The summed E-state index contributed by atoms with van der Waals surface area (Å²) in [6.45, 7) is 0.838. The van der Waals surface area contributed by atoms with Crippen molar-refractivity contribution in [1.82, 2.24) is 0 Å². The smallest absolute Gasteiger partial charge is 0.0915 e. The number of rotatable bonds is 1. The Hall–Kier alpha value is -1.24. The number of hydrogen-bond acceptors (Lipinski definition) is 1. The first-order valence-corrected chi connectivity index (χ1v) is 3.83. The van der Waals surface area contributed by atoms with Crippen molar-refractivity contribution >= 4 is 5.57 Å². The Morgan fingerprint density at radius 2 is 1.91 bits per heavy atom. The topological polar surface area (TPSA) is 9.23 Å². The van der Waals surface area contributed by atoms with E-state index in [9.17, 15) is 0 Å². The van der Waals surface area contributed by atoms with E-state index >= 15 is 0 Å². The molecule has 1 aliphatic rings. The highest BCUT2D eigenvalue weighted by atomic mass is 16.5.